The Bertz CT molecular complexity index is 1310. The number of hydrogen-bond donors (Lipinski definition) is 1. The van der Waals surface area contributed by atoms with Crippen LogP contribution >= 0.6 is 0 Å². The fourth-order valence-electron chi connectivity index (χ4n) is 3.36. The van der Waals surface area contributed by atoms with E-state index < -0.39 is 0 Å². The van der Waals surface area contributed by atoms with Crippen molar-refractivity contribution >= 4 is 16.7 Å². The molecule has 2 aromatic carbocycles. The molecule has 0 spiro atoms. The van der Waals surface area contributed by atoms with Crippen LogP contribution in [0, 0.1) is 0 Å². The molecule has 2 heterocycles. The van der Waals surface area contributed by atoms with E-state index in [-0.39, 0.29) is 25.8 Å². The minimum Gasteiger partial charge on any atom is -0.464 e. The molecule has 0 amide bonds. The summed E-state index contributed by atoms with van der Waals surface area (Å²) in [6.45, 7) is 0.805. The highest BCUT2D eigenvalue weighted by Crippen LogP contribution is 2.29. The van der Waals surface area contributed by atoms with Crippen LogP contribution in [0.1, 0.15) is 11.1 Å². The molecule has 0 aliphatic heterocycles. The zero-order valence-corrected chi connectivity index (χ0v) is 19.5. The average Bonchev–Trinajstić information content (AvgIpc) is 2.90. The van der Waals surface area contributed by atoms with Crippen LogP contribution < -0.4 is 25.2 Å². The number of nitrogens with zero attached hydrogens (tertiary/aromatic N) is 3. The first-order valence-corrected chi connectivity index (χ1v) is 10.8. The third kappa shape index (κ3) is 6.05. The van der Waals surface area contributed by atoms with Crippen molar-refractivity contribution in [3.8, 4) is 11.5 Å². The van der Waals surface area contributed by atoms with Crippen molar-refractivity contribution in [2.45, 2.75) is 13.2 Å². The van der Waals surface area contributed by atoms with Crippen LogP contribution in [0.2, 0.25) is 0 Å². The number of benzene rings is 2. The van der Waals surface area contributed by atoms with E-state index >= 15 is 0 Å². The maximum Gasteiger partial charge on any atom is 0.287 e. The van der Waals surface area contributed by atoms with Gasteiger partial charge in [-0.25, -0.2) is 9.97 Å². The van der Waals surface area contributed by atoms with E-state index in [9.17, 15) is 4.79 Å². The number of pyridine rings is 1. The van der Waals surface area contributed by atoms with E-state index in [4.69, 9.17) is 23.8 Å². The molecule has 0 aliphatic carbocycles. The topological polar surface area (TPSA) is 106 Å². The molecule has 0 aliphatic rings. The Balaban J connectivity index is 1.55. The SMILES string of the molecule is COCOc1ccc(CNc2cc(=O)n(OCc3ccccc3)c3ncncc23)cc1OCOC. The monoisotopic (exact) mass is 478 g/mol. The second-order valence-electron chi connectivity index (χ2n) is 7.45. The van der Waals surface area contributed by atoms with Crippen molar-refractivity contribution in [2.24, 2.45) is 0 Å². The highest BCUT2D eigenvalue weighted by Gasteiger charge is 2.13. The van der Waals surface area contributed by atoms with Gasteiger partial charge in [-0.1, -0.05) is 36.4 Å². The van der Waals surface area contributed by atoms with Gasteiger partial charge in [-0.3, -0.25) is 4.79 Å². The van der Waals surface area contributed by atoms with E-state index in [1.165, 1.54) is 17.1 Å². The summed E-state index contributed by atoms with van der Waals surface area (Å²) in [4.78, 5) is 27.1. The third-order valence-corrected chi connectivity index (χ3v) is 5.00. The Morgan fingerprint density at radius 2 is 1.69 bits per heavy atom. The number of hydrogen-bond acceptors (Lipinski definition) is 9. The minimum absolute atomic E-state index is 0.0728. The fourth-order valence-corrected chi connectivity index (χ4v) is 3.36. The van der Waals surface area contributed by atoms with E-state index in [0.29, 0.717) is 34.8 Å². The lowest BCUT2D eigenvalue weighted by molar-refractivity contribution is 0.0322. The maximum absolute atomic E-state index is 12.9. The van der Waals surface area contributed by atoms with Gasteiger partial charge in [-0.15, -0.1) is 4.73 Å². The van der Waals surface area contributed by atoms with Crippen LogP contribution in [0.4, 0.5) is 5.69 Å². The van der Waals surface area contributed by atoms with Gasteiger partial charge in [0.1, 0.15) is 12.9 Å². The lowest BCUT2D eigenvalue weighted by atomic mass is 10.2. The van der Waals surface area contributed by atoms with Gasteiger partial charge in [0.2, 0.25) is 0 Å². The number of anilines is 1. The molecule has 0 fully saturated rings. The van der Waals surface area contributed by atoms with Crippen LogP contribution in [0.3, 0.4) is 0 Å². The molecule has 2 aromatic heterocycles. The van der Waals surface area contributed by atoms with Gasteiger partial charge in [0.15, 0.2) is 30.7 Å². The summed E-state index contributed by atoms with van der Waals surface area (Å²) >= 11 is 0. The van der Waals surface area contributed by atoms with Gasteiger partial charge >= 0.3 is 0 Å². The predicted octanol–water partition coefficient (Wildman–Crippen LogP) is 3.00. The molecule has 182 valence electrons. The Labute approximate surface area is 202 Å². The number of ether oxygens (including phenoxy) is 4. The standard InChI is InChI=1S/C25H26N4O6/c1-31-16-33-22-9-8-19(10-23(22)34-17-32-2)12-27-21-11-24(30)29(25-20(21)13-26-15-28-25)35-14-18-6-4-3-5-7-18/h3-11,13,15,27H,12,14,16-17H2,1-2H3. The molecule has 35 heavy (non-hydrogen) atoms. The summed E-state index contributed by atoms with van der Waals surface area (Å²) in [6.07, 6.45) is 3.02. The number of aromatic nitrogens is 3. The summed E-state index contributed by atoms with van der Waals surface area (Å²) in [5.41, 5.74) is 2.45. The third-order valence-electron chi connectivity index (χ3n) is 5.00. The van der Waals surface area contributed by atoms with Crippen LogP contribution in [0.5, 0.6) is 11.5 Å². The first-order chi connectivity index (χ1) is 17.2. The van der Waals surface area contributed by atoms with Gasteiger partial charge in [0.25, 0.3) is 5.56 Å². The minimum atomic E-state index is -0.345. The van der Waals surface area contributed by atoms with Gasteiger partial charge in [-0.05, 0) is 23.3 Å². The molecular formula is C25H26N4O6. The Morgan fingerprint density at radius 3 is 2.46 bits per heavy atom. The van der Waals surface area contributed by atoms with Crippen molar-refractivity contribution in [3.63, 3.8) is 0 Å². The van der Waals surface area contributed by atoms with Crippen molar-refractivity contribution < 1.29 is 23.8 Å². The zero-order valence-electron chi connectivity index (χ0n) is 19.5. The van der Waals surface area contributed by atoms with Crippen molar-refractivity contribution in [2.75, 3.05) is 33.1 Å². The van der Waals surface area contributed by atoms with Crippen molar-refractivity contribution in [3.05, 3.63) is 88.6 Å². The Morgan fingerprint density at radius 1 is 0.914 bits per heavy atom. The van der Waals surface area contributed by atoms with Gasteiger partial charge in [-0.2, -0.15) is 0 Å². The second-order valence-corrected chi connectivity index (χ2v) is 7.45. The maximum atomic E-state index is 12.9. The number of rotatable bonds is 12. The molecule has 4 rings (SSSR count). The molecule has 0 bridgehead atoms. The molecule has 0 atom stereocenters. The molecule has 0 unspecified atom stereocenters. The second kappa shape index (κ2) is 11.8. The summed E-state index contributed by atoms with van der Waals surface area (Å²) in [7, 11) is 3.09. The quantitative estimate of drug-likeness (QED) is 0.308. The molecule has 0 saturated carbocycles. The van der Waals surface area contributed by atoms with Crippen LogP contribution in [0.25, 0.3) is 11.0 Å². The van der Waals surface area contributed by atoms with E-state index in [0.717, 1.165) is 11.1 Å². The Hall–Kier alpha value is -4.15. The summed E-state index contributed by atoms with van der Waals surface area (Å²) in [6, 6.07) is 16.6. The summed E-state index contributed by atoms with van der Waals surface area (Å²) in [5.74, 6) is 1.05. The van der Waals surface area contributed by atoms with Crippen LogP contribution in [-0.2, 0) is 22.6 Å². The molecule has 4 aromatic rings. The summed E-state index contributed by atoms with van der Waals surface area (Å²) in [5, 5.41) is 3.94. The number of nitrogens with one attached hydrogen (secondary N) is 1. The smallest absolute Gasteiger partial charge is 0.287 e. The lowest BCUT2D eigenvalue weighted by Gasteiger charge is -2.15. The van der Waals surface area contributed by atoms with Crippen LogP contribution in [0.15, 0.2) is 71.9 Å². The first-order valence-electron chi connectivity index (χ1n) is 10.8. The van der Waals surface area contributed by atoms with Gasteiger partial charge in [0, 0.05) is 33.0 Å². The van der Waals surface area contributed by atoms with Crippen molar-refractivity contribution in [1.29, 1.82) is 0 Å². The molecular weight excluding hydrogens is 452 g/mol. The van der Waals surface area contributed by atoms with Gasteiger partial charge < -0.3 is 29.1 Å². The lowest BCUT2D eigenvalue weighted by Crippen LogP contribution is -2.27. The largest absolute Gasteiger partial charge is 0.464 e. The average molecular weight is 479 g/mol. The van der Waals surface area contributed by atoms with Crippen LogP contribution in [-0.4, -0.2) is 42.5 Å². The molecule has 10 heteroatoms. The summed E-state index contributed by atoms with van der Waals surface area (Å²) < 4.78 is 22.3. The molecule has 10 nitrogen and oxygen atoms in total. The molecule has 1 N–H and O–H groups in total. The number of methoxy groups -OCH3 is 2. The normalized spacial score (nSPS) is 10.8. The fraction of sp³-hybridized carbons (Fsp3) is 0.240. The van der Waals surface area contributed by atoms with E-state index in [2.05, 4.69) is 15.3 Å². The Kier molecular flexibility index (Phi) is 8.10. The molecule has 0 radical (unpaired) electrons. The molecule has 0 saturated heterocycles. The van der Waals surface area contributed by atoms with E-state index in [1.807, 2.05) is 42.5 Å². The number of fused-ring (bicyclic) bond motifs is 1. The predicted molar refractivity (Wildman–Crippen MR) is 129 cm³/mol. The zero-order chi connectivity index (χ0) is 24.5. The van der Waals surface area contributed by atoms with Crippen molar-refractivity contribution in [1.82, 2.24) is 14.7 Å². The highest BCUT2D eigenvalue weighted by molar-refractivity contribution is 5.87. The van der Waals surface area contributed by atoms with Gasteiger partial charge in [0.05, 0.1) is 11.1 Å². The van der Waals surface area contributed by atoms with E-state index in [1.54, 1.807) is 26.5 Å². The first kappa shape index (κ1) is 24.0. The highest BCUT2D eigenvalue weighted by atomic mass is 16.7.